The Morgan fingerprint density at radius 3 is 2.64 bits per heavy atom. The summed E-state index contributed by atoms with van der Waals surface area (Å²) < 4.78 is 4.46. The number of phenols is 1. The third-order valence-electron chi connectivity index (χ3n) is 1.57. The van der Waals surface area contributed by atoms with Crippen LogP contribution in [-0.4, -0.2) is 15.4 Å². The average Bonchev–Trinajstić information content (AvgIpc) is 2.36. The molecule has 0 atom stereocenters. The maximum atomic E-state index is 9.23. The molecule has 0 fully saturated rings. The molecule has 0 spiro atoms. The highest BCUT2D eigenvalue weighted by atomic mass is 16.6. The fourth-order valence-corrected chi connectivity index (χ4v) is 0.925. The van der Waals surface area contributed by atoms with Crippen LogP contribution in [0.15, 0.2) is 16.8 Å². The van der Waals surface area contributed by atoms with Crippen molar-refractivity contribution in [1.29, 1.82) is 0 Å². The van der Waals surface area contributed by atoms with Crippen molar-refractivity contribution in [3.63, 3.8) is 0 Å². The van der Waals surface area contributed by atoms with Gasteiger partial charge < -0.3 is 5.11 Å². The Kier molecular flexibility index (Phi) is 1.09. The van der Waals surface area contributed by atoms with Gasteiger partial charge >= 0.3 is 0 Å². The quantitative estimate of drug-likeness (QED) is 0.613. The molecule has 0 radical (unpaired) electrons. The van der Waals surface area contributed by atoms with E-state index in [0.717, 1.165) is 5.56 Å². The van der Waals surface area contributed by atoms with Crippen LogP contribution in [0.25, 0.3) is 11.0 Å². The van der Waals surface area contributed by atoms with Gasteiger partial charge in [0.25, 0.3) is 0 Å². The maximum absolute atomic E-state index is 9.23. The summed E-state index contributed by atoms with van der Waals surface area (Å²) in [6.07, 6.45) is 0. The van der Waals surface area contributed by atoms with Crippen LogP contribution in [-0.2, 0) is 0 Å². The van der Waals surface area contributed by atoms with Gasteiger partial charge in [-0.15, -0.1) is 0 Å². The van der Waals surface area contributed by atoms with E-state index >= 15 is 0 Å². The van der Waals surface area contributed by atoms with Crippen LogP contribution in [0.1, 0.15) is 5.56 Å². The topological polar surface area (TPSA) is 59.2 Å². The molecular formula is C7H6N2O2. The molecule has 0 aliphatic heterocycles. The van der Waals surface area contributed by atoms with E-state index in [1.807, 2.05) is 0 Å². The van der Waals surface area contributed by atoms with Gasteiger partial charge in [-0.3, -0.25) is 0 Å². The second-order valence-electron chi connectivity index (χ2n) is 2.39. The lowest BCUT2D eigenvalue weighted by Crippen LogP contribution is -1.75. The van der Waals surface area contributed by atoms with Gasteiger partial charge in [0.15, 0.2) is 0 Å². The zero-order chi connectivity index (χ0) is 7.84. The van der Waals surface area contributed by atoms with Crippen molar-refractivity contribution >= 4 is 11.0 Å². The zero-order valence-electron chi connectivity index (χ0n) is 5.90. The molecule has 0 bridgehead atoms. The minimum absolute atomic E-state index is 0.216. The second-order valence-corrected chi connectivity index (χ2v) is 2.39. The minimum Gasteiger partial charge on any atom is -0.508 e. The van der Waals surface area contributed by atoms with Crippen LogP contribution in [0.2, 0.25) is 0 Å². The van der Waals surface area contributed by atoms with E-state index in [1.54, 1.807) is 13.0 Å². The Morgan fingerprint density at radius 2 is 1.91 bits per heavy atom. The number of benzene rings is 1. The minimum atomic E-state index is 0.216. The van der Waals surface area contributed by atoms with Crippen LogP contribution < -0.4 is 0 Å². The molecular weight excluding hydrogens is 144 g/mol. The van der Waals surface area contributed by atoms with Crippen molar-refractivity contribution in [2.24, 2.45) is 0 Å². The van der Waals surface area contributed by atoms with E-state index in [1.165, 1.54) is 6.07 Å². The SMILES string of the molecule is Cc1cc2nonc2cc1O. The Bertz CT molecular complexity index is 358. The van der Waals surface area contributed by atoms with Crippen molar-refractivity contribution in [3.8, 4) is 5.75 Å². The van der Waals surface area contributed by atoms with Crippen LogP contribution in [0.4, 0.5) is 0 Å². The highest BCUT2D eigenvalue weighted by Gasteiger charge is 2.03. The molecule has 4 nitrogen and oxygen atoms in total. The summed E-state index contributed by atoms with van der Waals surface area (Å²) in [5.74, 6) is 0.216. The first-order valence-electron chi connectivity index (χ1n) is 3.19. The predicted molar refractivity (Wildman–Crippen MR) is 38.2 cm³/mol. The molecule has 56 valence electrons. The number of aromatic nitrogens is 2. The van der Waals surface area contributed by atoms with Crippen LogP contribution in [0, 0.1) is 6.92 Å². The standard InChI is InChI=1S/C7H6N2O2/c1-4-2-5-6(3-7(4)10)9-11-8-5/h2-3,10H,1H3. The molecule has 4 heteroatoms. The first kappa shape index (κ1) is 6.15. The maximum Gasteiger partial charge on any atom is 0.138 e. The van der Waals surface area contributed by atoms with Crippen LogP contribution in [0.3, 0.4) is 0 Å². The van der Waals surface area contributed by atoms with Crippen LogP contribution in [0.5, 0.6) is 5.75 Å². The summed E-state index contributed by atoms with van der Waals surface area (Å²) in [5.41, 5.74) is 2.02. The van der Waals surface area contributed by atoms with Crippen LogP contribution >= 0.6 is 0 Å². The number of aryl methyl sites for hydroxylation is 1. The number of nitrogens with zero attached hydrogens (tertiary/aromatic N) is 2. The predicted octanol–water partition coefficient (Wildman–Crippen LogP) is 1.24. The van der Waals surface area contributed by atoms with E-state index in [9.17, 15) is 5.11 Å². The monoisotopic (exact) mass is 150 g/mol. The number of fused-ring (bicyclic) bond motifs is 1. The summed E-state index contributed by atoms with van der Waals surface area (Å²) >= 11 is 0. The summed E-state index contributed by atoms with van der Waals surface area (Å²) in [7, 11) is 0. The summed E-state index contributed by atoms with van der Waals surface area (Å²) in [4.78, 5) is 0. The van der Waals surface area contributed by atoms with Crippen molar-refractivity contribution < 1.29 is 9.74 Å². The normalized spacial score (nSPS) is 10.6. The van der Waals surface area contributed by atoms with Gasteiger partial charge in [-0.05, 0) is 28.9 Å². The molecule has 1 aromatic heterocycles. The van der Waals surface area contributed by atoms with Crippen molar-refractivity contribution in [1.82, 2.24) is 10.3 Å². The molecule has 0 unspecified atom stereocenters. The molecule has 0 saturated heterocycles. The third kappa shape index (κ3) is 0.832. The summed E-state index contributed by atoms with van der Waals surface area (Å²) in [5, 5.41) is 16.4. The molecule has 1 aromatic carbocycles. The van der Waals surface area contributed by atoms with E-state index < -0.39 is 0 Å². The molecule has 0 aliphatic carbocycles. The number of hydrogen-bond acceptors (Lipinski definition) is 4. The number of hydrogen-bond donors (Lipinski definition) is 1. The summed E-state index contributed by atoms with van der Waals surface area (Å²) in [6.45, 7) is 1.80. The van der Waals surface area contributed by atoms with E-state index in [0.29, 0.717) is 11.0 Å². The van der Waals surface area contributed by atoms with Gasteiger partial charge in [0, 0.05) is 6.07 Å². The molecule has 2 rings (SSSR count). The third-order valence-corrected chi connectivity index (χ3v) is 1.57. The molecule has 1 heterocycles. The fourth-order valence-electron chi connectivity index (χ4n) is 0.925. The lowest BCUT2D eigenvalue weighted by molar-refractivity contribution is 0.315. The van der Waals surface area contributed by atoms with Gasteiger partial charge in [0.05, 0.1) is 0 Å². The largest absolute Gasteiger partial charge is 0.508 e. The second kappa shape index (κ2) is 1.95. The molecule has 0 saturated carbocycles. The Hall–Kier alpha value is -1.58. The zero-order valence-corrected chi connectivity index (χ0v) is 5.90. The lowest BCUT2D eigenvalue weighted by Gasteiger charge is -1.93. The number of aromatic hydroxyl groups is 1. The van der Waals surface area contributed by atoms with Gasteiger partial charge in [-0.25, -0.2) is 4.63 Å². The molecule has 11 heavy (non-hydrogen) atoms. The van der Waals surface area contributed by atoms with Gasteiger partial charge in [0.1, 0.15) is 16.8 Å². The van der Waals surface area contributed by atoms with Crippen molar-refractivity contribution in [2.45, 2.75) is 6.92 Å². The molecule has 0 aliphatic rings. The average molecular weight is 150 g/mol. The number of rotatable bonds is 0. The first-order chi connectivity index (χ1) is 5.27. The molecule has 0 amide bonds. The van der Waals surface area contributed by atoms with E-state index in [4.69, 9.17) is 0 Å². The molecule has 2 aromatic rings. The van der Waals surface area contributed by atoms with Gasteiger partial charge in [0.2, 0.25) is 0 Å². The summed E-state index contributed by atoms with van der Waals surface area (Å²) in [6, 6.07) is 3.25. The Balaban J connectivity index is 2.86. The highest BCUT2D eigenvalue weighted by Crippen LogP contribution is 2.21. The molecule has 1 N–H and O–H groups in total. The lowest BCUT2D eigenvalue weighted by atomic mass is 10.2. The Labute approximate surface area is 62.4 Å². The number of phenolic OH excluding ortho intramolecular Hbond substituents is 1. The first-order valence-corrected chi connectivity index (χ1v) is 3.19. The highest BCUT2D eigenvalue weighted by molar-refractivity contribution is 5.76. The van der Waals surface area contributed by atoms with Gasteiger partial charge in [-0.2, -0.15) is 0 Å². The smallest absolute Gasteiger partial charge is 0.138 e. The Morgan fingerprint density at radius 1 is 1.27 bits per heavy atom. The van der Waals surface area contributed by atoms with E-state index in [-0.39, 0.29) is 5.75 Å². The fraction of sp³-hybridized carbons (Fsp3) is 0.143. The van der Waals surface area contributed by atoms with Crippen molar-refractivity contribution in [3.05, 3.63) is 17.7 Å². The van der Waals surface area contributed by atoms with Gasteiger partial charge in [-0.1, -0.05) is 0 Å². The van der Waals surface area contributed by atoms with Crippen molar-refractivity contribution in [2.75, 3.05) is 0 Å². The van der Waals surface area contributed by atoms with E-state index in [2.05, 4.69) is 14.9 Å².